The summed E-state index contributed by atoms with van der Waals surface area (Å²) in [5.74, 6) is 0. The van der Waals surface area contributed by atoms with E-state index in [0.29, 0.717) is 0 Å². The molecule has 1 aromatic heterocycles. The second-order valence-electron chi connectivity index (χ2n) is 1.43. The molecule has 46 valence electrons. The molecular weight excluding hydrogens is 180 g/mol. The number of rotatable bonds is 1. The number of aromatic nitrogens is 2. The van der Waals surface area contributed by atoms with Crippen molar-refractivity contribution in [1.82, 2.24) is 9.97 Å². The van der Waals surface area contributed by atoms with Crippen LogP contribution in [0, 0.1) is 0 Å². The molecule has 0 saturated carbocycles. The van der Waals surface area contributed by atoms with Crippen LogP contribution in [-0.2, 0) is 0 Å². The summed E-state index contributed by atoms with van der Waals surface area (Å²) in [6, 6.07) is 1.83. The molecule has 2 nitrogen and oxygen atoms in total. The SMILES string of the molecule is BrC=Cc1ccncn1. The van der Waals surface area contributed by atoms with Gasteiger partial charge in [-0.05, 0) is 17.1 Å². The van der Waals surface area contributed by atoms with Crippen molar-refractivity contribution in [1.29, 1.82) is 0 Å². The molecule has 0 fully saturated rings. The molecule has 0 atom stereocenters. The van der Waals surface area contributed by atoms with E-state index in [-0.39, 0.29) is 0 Å². The standard InChI is InChI=1S/C6H5BrN2/c7-3-1-6-2-4-8-5-9-6/h1-5H. The maximum absolute atomic E-state index is 3.94. The van der Waals surface area contributed by atoms with Crippen molar-refractivity contribution in [3.05, 3.63) is 29.3 Å². The van der Waals surface area contributed by atoms with Crippen LogP contribution in [-0.4, -0.2) is 9.97 Å². The van der Waals surface area contributed by atoms with Gasteiger partial charge in [0, 0.05) is 6.20 Å². The lowest BCUT2D eigenvalue weighted by atomic mass is 10.4. The Hall–Kier alpha value is -0.700. The molecule has 1 aromatic rings. The van der Waals surface area contributed by atoms with E-state index in [1.54, 1.807) is 11.2 Å². The predicted molar refractivity (Wildman–Crippen MR) is 40.0 cm³/mol. The molecule has 0 saturated heterocycles. The van der Waals surface area contributed by atoms with Crippen molar-refractivity contribution in [2.24, 2.45) is 0 Å². The highest BCUT2D eigenvalue weighted by Crippen LogP contribution is 1.95. The molecule has 0 aliphatic carbocycles. The Labute approximate surface area is 61.8 Å². The van der Waals surface area contributed by atoms with Gasteiger partial charge in [-0.1, -0.05) is 15.9 Å². The summed E-state index contributed by atoms with van der Waals surface area (Å²) >= 11 is 3.15. The van der Waals surface area contributed by atoms with E-state index in [4.69, 9.17) is 0 Å². The van der Waals surface area contributed by atoms with Crippen LogP contribution in [0.4, 0.5) is 0 Å². The molecule has 0 amide bonds. The Bertz CT molecular complexity index is 195. The van der Waals surface area contributed by atoms with Gasteiger partial charge in [0.05, 0.1) is 5.69 Å². The molecule has 0 spiro atoms. The minimum absolute atomic E-state index is 0.905. The van der Waals surface area contributed by atoms with E-state index in [1.807, 2.05) is 12.1 Å². The fourth-order valence-corrected chi connectivity index (χ4v) is 0.735. The van der Waals surface area contributed by atoms with Crippen LogP contribution in [0.5, 0.6) is 0 Å². The Morgan fingerprint density at radius 1 is 1.56 bits per heavy atom. The van der Waals surface area contributed by atoms with Crippen molar-refractivity contribution < 1.29 is 0 Å². The lowest BCUT2D eigenvalue weighted by molar-refractivity contribution is 1.15. The zero-order valence-corrected chi connectivity index (χ0v) is 6.25. The maximum atomic E-state index is 3.94. The fraction of sp³-hybridized carbons (Fsp3) is 0. The van der Waals surface area contributed by atoms with Crippen molar-refractivity contribution in [3.8, 4) is 0 Å². The average molecular weight is 185 g/mol. The van der Waals surface area contributed by atoms with Gasteiger partial charge in [-0.3, -0.25) is 0 Å². The third-order valence-electron chi connectivity index (χ3n) is 0.839. The van der Waals surface area contributed by atoms with Gasteiger partial charge >= 0.3 is 0 Å². The first-order valence-electron chi connectivity index (χ1n) is 2.46. The van der Waals surface area contributed by atoms with Gasteiger partial charge < -0.3 is 0 Å². The van der Waals surface area contributed by atoms with Crippen LogP contribution < -0.4 is 0 Å². The topological polar surface area (TPSA) is 25.8 Å². The lowest BCUT2D eigenvalue weighted by Gasteiger charge is -1.85. The monoisotopic (exact) mass is 184 g/mol. The number of nitrogens with zero attached hydrogens (tertiary/aromatic N) is 2. The largest absolute Gasteiger partial charge is 0.245 e. The van der Waals surface area contributed by atoms with Crippen LogP contribution in [0.1, 0.15) is 5.69 Å². The molecule has 0 aliphatic heterocycles. The van der Waals surface area contributed by atoms with Crippen molar-refractivity contribution >= 4 is 22.0 Å². The van der Waals surface area contributed by atoms with Crippen LogP contribution >= 0.6 is 15.9 Å². The molecule has 9 heavy (non-hydrogen) atoms. The van der Waals surface area contributed by atoms with Crippen molar-refractivity contribution in [2.45, 2.75) is 0 Å². The van der Waals surface area contributed by atoms with Crippen molar-refractivity contribution in [2.75, 3.05) is 0 Å². The lowest BCUT2D eigenvalue weighted by Crippen LogP contribution is -1.78. The molecule has 0 bridgehead atoms. The van der Waals surface area contributed by atoms with Crippen LogP contribution in [0.25, 0.3) is 6.08 Å². The number of hydrogen-bond donors (Lipinski definition) is 0. The minimum Gasteiger partial charge on any atom is -0.245 e. The molecule has 3 heteroatoms. The highest BCUT2D eigenvalue weighted by Gasteiger charge is 1.80. The van der Waals surface area contributed by atoms with Crippen LogP contribution in [0.15, 0.2) is 23.6 Å². The highest BCUT2D eigenvalue weighted by molar-refractivity contribution is 9.11. The minimum atomic E-state index is 0.905. The molecule has 0 aliphatic rings. The van der Waals surface area contributed by atoms with Gasteiger partial charge in [-0.2, -0.15) is 0 Å². The summed E-state index contributed by atoms with van der Waals surface area (Å²) in [6.45, 7) is 0. The average Bonchev–Trinajstić information content (AvgIpc) is 1.91. The molecule has 0 N–H and O–H groups in total. The summed E-state index contributed by atoms with van der Waals surface area (Å²) in [6.07, 6.45) is 5.07. The summed E-state index contributed by atoms with van der Waals surface area (Å²) in [5.41, 5.74) is 0.905. The Morgan fingerprint density at radius 3 is 3.00 bits per heavy atom. The normalized spacial score (nSPS) is 10.3. The molecule has 1 heterocycles. The first-order valence-corrected chi connectivity index (χ1v) is 3.38. The summed E-state index contributed by atoms with van der Waals surface area (Å²) in [5, 5.41) is 0. The first-order chi connectivity index (χ1) is 4.43. The number of halogens is 1. The quantitative estimate of drug-likeness (QED) is 0.666. The molecule has 1 rings (SSSR count). The third-order valence-corrected chi connectivity index (χ3v) is 1.10. The third kappa shape index (κ3) is 1.93. The fourth-order valence-electron chi connectivity index (χ4n) is 0.464. The van der Waals surface area contributed by atoms with Crippen LogP contribution in [0.2, 0.25) is 0 Å². The van der Waals surface area contributed by atoms with E-state index >= 15 is 0 Å². The highest BCUT2D eigenvalue weighted by atomic mass is 79.9. The van der Waals surface area contributed by atoms with E-state index in [2.05, 4.69) is 25.9 Å². The molecule has 0 unspecified atom stereocenters. The summed E-state index contributed by atoms with van der Waals surface area (Å²) < 4.78 is 0. The van der Waals surface area contributed by atoms with Gasteiger partial charge in [0.2, 0.25) is 0 Å². The van der Waals surface area contributed by atoms with Gasteiger partial charge in [0.25, 0.3) is 0 Å². The Kier molecular flexibility index (Phi) is 2.39. The summed E-state index contributed by atoms with van der Waals surface area (Å²) in [7, 11) is 0. The summed E-state index contributed by atoms with van der Waals surface area (Å²) in [4.78, 5) is 9.47. The smallest absolute Gasteiger partial charge is 0.115 e. The zero-order valence-electron chi connectivity index (χ0n) is 4.66. The van der Waals surface area contributed by atoms with Gasteiger partial charge in [0.15, 0.2) is 0 Å². The van der Waals surface area contributed by atoms with E-state index in [0.717, 1.165) is 5.69 Å². The second-order valence-corrected chi connectivity index (χ2v) is 1.96. The molecular formula is C6H5BrN2. The predicted octanol–water partition coefficient (Wildman–Crippen LogP) is 1.84. The van der Waals surface area contributed by atoms with Gasteiger partial charge in [-0.15, -0.1) is 0 Å². The Balaban J connectivity index is 2.85. The van der Waals surface area contributed by atoms with E-state index in [1.165, 1.54) is 6.33 Å². The van der Waals surface area contributed by atoms with Gasteiger partial charge in [0.1, 0.15) is 6.33 Å². The molecule has 0 aromatic carbocycles. The van der Waals surface area contributed by atoms with E-state index in [9.17, 15) is 0 Å². The molecule has 0 radical (unpaired) electrons. The zero-order chi connectivity index (χ0) is 6.53. The second kappa shape index (κ2) is 3.35. The Morgan fingerprint density at radius 2 is 2.44 bits per heavy atom. The van der Waals surface area contributed by atoms with E-state index < -0.39 is 0 Å². The number of hydrogen-bond acceptors (Lipinski definition) is 2. The van der Waals surface area contributed by atoms with Gasteiger partial charge in [-0.25, -0.2) is 9.97 Å². The first kappa shape index (κ1) is 6.42. The maximum Gasteiger partial charge on any atom is 0.115 e. The van der Waals surface area contributed by atoms with Crippen LogP contribution in [0.3, 0.4) is 0 Å². The van der Waals surface area contributed by atoms with Crippen molar-refractivity contribution in [3.63, 3.8) is 0 Å².